The van der Waals surface area contributed by atoms with Gasteiger partial charge in [0.2, 0.25) is 5.43 Å². The fourth-order valence-electron chi connectivity index (χ4n) is 3.57. The number of rotatable bonds is 3. The molecule has 3 heterocycles. The summed E-state index contributed by atoms with van der Waals surface area (Å²) in [5, 5.41) is 10.2. The largest absolute Gasteiger partial charge is 0.503 e. The molecule has 1 aromatic rings. The van der Waals surface area contributed by atoms with Gasteiger partial charge in [-0.25, -0.2) is 0 Å². The number of hydrogen-bond donors (Lipinski definition) is 1. The van der Waals surface area contributed by atoms with Gasteiger partial charge in [0.05, 0.1) is 13.2 Å². The number of carbonyl (C=O) groups excluding carboxylic acids is 1. The number of nitrogens with zero attached hydrogens (tertiary/aromatic N) is 3. The fourth-order valence-corrected chi connectivity index (χ4v) is 3.57. The lowest BCUT2D eigenvalue weighted by Crippen LogP contribution is -2.64. The summed E-state index contributed by atoms with van der Waals surface area (Å²) < 4.78 is 6.88. The van der Waals surface area contributed by atoms with E-state index in [9.17, 15) is 14.7 Å². The van der Waals surface area contributed by atoms with Crippen LogP contribution in [0.5, 0.6) is 5.75 Å². The van der Waals surface area contributed by atoms with Crippen LogP contribution in [0.25, 0.3) is 0 Å². The smallest absolute Gasteiger partial charge is 0.276 e. The van der Waals surface area contributed by atoms with Crippen LogP contribution in [0.1, 0.15) is 29.4 Å². The molecule has 1 aromatic heterocycles. The molecule has 7 heteroatoms. The average molecular weight is 321 g/mol. The van der Waals surface area contributed by atoms with E-state index in [1.54, 1.807) is 29.7 Å². The molecule has 7 nitrogen and oxygen atoms in total. The third-order valence-corrected chi connectivity index (χ3v) is 4.87. The third-order valence-electron chi connectivity index (χ3n) is 4.87. The molecule has 0 saturated carbocycles. The number of aromatic hydroxyl groups is 1. The first kappa shape index (κ1) is 16.0. The number of carbonyl (C=O) groups is 1. The average Bonchev–Trinajstić information content (AvgIpc) is 2.51. The molecule has 2 aliphatic rings. The number of methoxy groups -OCH3 is 1. The van der Waals surface area contributed by atoms with E-state index in [1.807, 2.05) is 6.92 Å². The van der Waals surface area contributed by atoms with Crippen molar-refractivity contribution in [3.8, 4) is 5.75 Å². The highest BCUT2D eigenvalue weighted by Crippen LogP contribution is 2.30. The van der Waals surface area contributed by atoms with Gasteiger partial charge in [0.1, 0.15) is 6.17 Å². The van der Waals surface area contributed by atoms with E-state index in [-0.39, 0.29) is 23.8 Å². The Kier molecular flexibility index (Phi) is 4.16. The molecular formula is C16H23N3O4. The highest BCUT2D eigenvalue weighted by Gasteiger charge is 2.42. The van der Waals surface area contributed by atoms with Crippen LogP contribution in [0.2, 0.25) is 0 Å². The van der Waals surface area contributed by atoms with Crippen molar-refractivity contribution in [1.29, 1.82) is 0 Å². The standard InChI is InChI=1S/C16H23N3O4/c1-10-8-18-9-12-17(6-7-23-3)5-4-11(2)19(12)16(22)13(18)15(21)14(10)20/h8,11-12,21H,4-7,9H2,1-3H3/t11-,12-/m0/s1. The van der Waals surface area contributed by atoms with E-state index in [4.69, 9.17) is 4.74 Å². The minimum absolute atomic E-state index is 0.0739. The van der Waals surface area contributed by atoms with Crippen LogP contribution < -0.4 is 5.43 Å². The Labute approximate surface area is 135 Å². The maximum Gasteiger partial charge on any atom is 0.276 e. The van der Waals surface area contributed by atoms with Crippen molar-refractivity contribution in [1.82, 2.24) is 14.4 Å². The number of ether oxygens (including phenoxy) is 1. The van der Waals surface area contributed by atoms with Crippen molar-refractivity contribution in [2.45, 2.75) is 39.0 Å². The van der Waals surface area contributed by atoms with Crippen molar-refractivity contribution >= 4 is 5.91 Å². The second-order valence-electron chi connectivity index (χ2n) is 6.35. The van der Waals surface area contributed by atoms with E-state index >= 15 is 0 Å². The highest BCUT2D eigenvalue weighted by molar-refractivity contribution is 5.96. The van der Waals surface area contributed by atoms with E-state index in [1.165, 1.54) is 0 Å². The van der Waals surface area contributed by atoms with Gasteiger partial charge in [-0.3, -0.25) is 14.5 Å². The maximum absolute atomic E-state index is 12.9. The zero-order valence-corrected chi connectivity index (χ0v) is 13.8. The van der Waals surface area contributed by atoms with Crippen LogP contribution in [-0.2, 0) is 11.3 Å². The zero-order valence-electron chi connectivity index (χ0n) is 13.8. The Morgan fingerprint density at radius 1 is 1.39 bits per heavy atom. The first-order valence-electron chi connectivity index (χ1n) is 7.94. The highest BCUT2D eigenvalue weighted by atomic mass is 16.5. The molecule has 126 valence electrons. The van der Waals surface area contributed by atoms with Crippen LogP contribution in [0.3, 0.4) is 0 Å². The Balaban J connectivity index is 2.04. The lowest BCUT2D eigenvalue weighted by atomic mass is 10.0. The molecule has 2 atom stereocenters. The Morgan fingerprint density at radius 3 is 2.83 bits per heavy atom. The Hall–Kier alpha value is -1.86. The molecule has 1 fully saturated rings. The molecule has 0 bridgehead atoms. The Morgan fingerprint density at radius 2 is 2.13 bits per heavy atom. The summed E-state index contributed by atoms with van der Waals surface area (Å²) in [6.45, 7) is 6.46. The molecule has 0 aromatic carbocycles. The summed E-state index contributed by atoms with van der Waals surface area (Å²) in [6.07, 6.45) is 2.46. The summed E-state index contributed by atoms with van der Waals surface area (Å²) in [5.74, 6) is -0.708. The number of aryl methyl sites for hydroxylation is 1. The predicted octanol–water partition coefficient (Wildman–Crippen LogP) is 0.385. The van der Waals surface area contributed by atoms with Crippen LogP contribution >= 0.6 is 0 Å². The molecule has 1 N–H and O–H groups in total. The van der Waals surface area contributed by atoms with Crippen LogP contribution in [0.15, 0.2) is 11.0 Å². The van der Waals surface area contributed by atoms with Gasteiger partial charge in [0, 0.05) is 38.0 Å². The maximum atomic E-state index is 12.9. The molecule has 0 unspecified atom stereocenters. The molecule has 1 amide bonds. The lowest BCUT2D eigenvalue weighted by molar-refractivity contribution is -0.0396. The summed E-state index contributed by atoms with van der Waals surface area (Å²) in [4.78, 5) is 28.9. The van der Waals surface area contributed by atoms with Gasteiger partial charge in [0.15, 0.2) is 11.4 Å². The summed E-state index contributed by atoms with van der Waals surface area (Å²) in [7, 11) is 1.66. The van der Waals surface area contributed by atoms with Crippen molar-refractivity contribution in [3.05, 3.63) is 27.7 Å². The first-order valence-corrected chi connectivity index (χ1v) is 7.94. The minimum Gasteiger partial charge on any atom is -0.503 e. The fraction of sp³-hybridized carbons (Fsp3) is 0.625. The zero-order chi connectivity index (χ0) is 16.7. The van der Waals surface area contributed by atoms with E-state index < -0.39 is 11.2 Å². The van der Waals surface area contributed by atoms with Crippen LogP contribution in [0.4, 0.5) is 0 Å². The number of fused-ring (bicyclic) bond motifs is 2. The van der Waals surface area contributed by atoms with Gasteiger partial charge in [-0.1, -0.05) is 0 Å². The topological polar surface area (TPSA) is 75.0 Å². The quantitative estimate of drug-likeness (QED) is 0.871. The molecule has 23 heavy (non-hydrogen) atoms. The van der Waals surface area contributed by atoms with Crippen molar-refractivity contribution in [2.24, 2.45) is 0 Å². The summed E-state index contributed by atoms with van der Waals surface area (Å²) >= 11 is 0. The van der Waals surface area contributed by atoms with E-state index in [0.29, 0.717) is 18.7 Å². The number of amides is 1. The summed E-state index contributed by atoms with van der Waals surface area (Å²) in [5.41, 5.74) is 0.0843. The lowest BCUT2D eigenvalue weighted by Gasteiger charge is -2.50. The second-order valence-corrected chi connectivity index (χ2v) is 6.35. The monoisotopic (exact) mass is 321 g/mol. The second kappa shape index (κ2) is 5.98. The minimum atomic E-state index is -0.469. The van der Waals surface area contributed by atoms with Crippen LogP contribution in [0, 0.1) is 6.92 Å². The molecule has 2 aliphatic heterocycles. The molecule has 0 aliphatic carbocycles. The van der Waals surface area contributed by atoms with Gasteiger partial charge in [0.25, 0.3) is 5.91 Å². The van der Waals surface area contributed by atoms with Crippen LogP contribution in [-0.4, -0.2) is 64.4 Å². The number of aromatic nitrogens is 1. The van der Waals surface area contributed by atoms with Crippen molar-refractivity contribution in [3.63, 3.8) is 0 Å². The van der Waals surface area contributed by atoms with Crippen molar-refractivity contribution < 1.29 is 14.6 Å². The van der Waals surface area contributed by atoms with Gasteiger partial charge in [-0.2, -0.15) is 0 Å². The molecule has 0 radical (unpaired) electrons. The van der Waals surface area contributed by atoms with Gasteiger partial charge >= 0.3 is 0 Å². The van der Waals surface area contributed by atoms with Gasteiger partial charge in [-0.05, 0) is 20.3 Å². The number of hydrogen-bond acceptors (Lipinski definition) is 5. The van der Waals surface area contributed by atoms with E-state index in [0.717, 1.165) is 19.5 Å². The molecule has 1 saturated heterocycles. The van der Waals surface area contributed by atoms with Gasteiger partial charge < -0.3 is 19.3 Å². The van der Waals surface area contributed by atoms with E-state index in [2.05, 4.69) is 4.90 Å². The normalized spacial score (nSPS) is 24.5. The third kappa shape index (κ3) is 2.53. The van der Waals surface area contributed by atoms with Crippen molar-refractivity contribution in [2.75, 3.05) is 26.8 Å². The Bertz CT molecular complexity index is 683. The summed E-state index contributed by atoms with van der Waals surface area (Å²) in [6, 6.07) is 0.0795. The van der Waals surface area contributed by atoms with Gasteiger partial charge in [-0.15, -0.1) is 0 Å². The molecule has 3 rings (SSSR count). The number of pyridine rings is 1. The predicted molar refractivity (Wildman–Crippen MR) is 84.6 cm³/mol. The molecule has 0 spiro atoms. The SMILES string of the molecule is COCCN1CC[C@H](C)N2C(=O)c3c(O)c(=O)c(C)cn3C[C@@H]12. The molecular weight excluding hydrogens is 298 g/mol. The first-order chi connectivity index (χ1) is 11.0.